The second kappa shape index (κ2) is 7.06. The van der Waals surface area contributed by atoms with Gasteiger partial charge in [0, 0.05) is 6.54 Å². The number of likely N-dealkylation sites (tertiary alicyclic amines) is 1. The fraction of sp³-hybridized carbons (Fsp3) is 0.889. The second-order valence-electron chi connectivity index (χ2n) is 10.2. The van der Waals surface area contributed by atoms with Crippen molar-refractivity contribution >= 4 is 28.7 Å². The molecular weight excluding hydrogens is 350 g/mol. The summed E-state index contributed by atoms with van der Waals surface area (Å²) in [6.45, 7) is 21.4. The van der Waals surface area contributed by atoms with Crippen LogP contribution in [-0.4, -0.2) is 46.2 Å². The van der Waals surface area contributed by atoms with Crippen molar-refractivity contribution in [3.8, 4) is 0 Å². The molecule has 5 nitrogen and oxygen atoms in total. The molecule has 1 aliphatic rings. The van der Waals surface area contributed by atoms with E-state index in [0.29, 0.717) is 13.0 Å². The van der Waals surface area contributed by atoms with E-state index in [-0.39, 0.29) is 22.1 Å². The van der Waals surface area contributed by atoms with E-state index in [2.05, 4.69) is 54.6 Å². The zero-order valence-electron chi connectivity index (χ0n) is 17.8. The largest absolute Gasteiger partial charge is 0.518 e. The van der Waals surface area contributed by atoms with E-state index in [1.807, 2.05) is 13.1 Å². The number of hydrogen-bond donors (Lipinski definition) is 0. The van der Waals surface area contributed by atoms with Gasteiger partial charge in [0.1, 0.15) is 6.04 Å². The third-order valence-electron chi connectivity index (χ3n) is 6.07. The lowest BCUT2D eigenvalue weighted by atomic mass is 10.2. The summed E-state index contributed by atoms with van der Waals surface area (Å²) < 4.78 is 11.8. The lowest BCUT2D eigenvalue weighted by Crippen LogP contribution is -2.51. The first-order valence-electron chi connectivity index (χ1n) is 9.22. The predicted molar refractivity (Wildman–Crippen MR) is 107 cm³/mol. The maximum absolute atomic E-state index is 12.8. The van der Waals surface area contributed by atoms with Crippen LogP contribution in [0.3, 0.4) is 0 Å². The summed E-state index contributed by atoms with van der Waals surface area (Å²) in [5.74, 6) is -0.267. The van der Waals surface area contributed by atoms with E-state index in [0.717, 1.165) is 6.42 Å². The fourth-order valence-electron chi connectivity index (χ4n) is 2.13. The van der Waals surface area contributed by atoms with Gasteiger partial charge >= 0.3 is 12.1 Å². The molecule has 0 aromatic rings. The summed E-state index contributed by atoms with van der Waals surface area (Å²) >= 11 is 0. The molecule has 0 N–H and O–H groups in total. The minimum atomic E-state index is -2.21. The van der Waals surface area contributed by atoms with E-state index >= 15 is 0 Å². The van der Waals surface area contributed by atoms with Crippen molar-refractivity contribution in [2.45, 2.75) is 96.7 Å². The molecule has 0 aliphatic carbocycles. The Labute approximate surface area is 155 Å². The molecule has 0 bridgehead atoms. The first-order valence-corrected chi connectivity index (χ1v) is 15.0. The molecule has 0 spiro atoms. The van der Waals surface area contributed by atoms with Gasteiger partial charge in [0.25, 0.3) is 16.6 Å². The second-order valence-corrected chi connectivity index (χ2v) is 19.6. The maximum Gasteiger partial charge on any atom is 0.396 e. The Balaban J connectivity index is 2.86. The smallest absolute Gasteiger partial charge is 0.396 e. The lowest BCUT2D eigenvalue weighted by molar-refractivity contribution is -0.139. The highest BCUT2D eigenvalue weighted by molar-refractivity contribution is 6.76. The van der Waals surface area contributed by atoms with Gasteiger partial charge in [-0.25, -0.2) is 4.79 Å². The number of rotatable bonds is 3. The number of carbonyl (C=O) groups excluding carboxylic acids is 2. The van der Waals surface area contributed by atoms with Crippen LogP contribution in [0.15, 0.2) is 0 Å². The Kier molecular flexibility index (Phi) is 6.27. The van der Waals surface area contributed by atoms with Gasteiger partial charge in [0.2, 0.25) is 0 Å². The fourth-order valence-corrected chi connectivity index (χ4v) is 3.94. The number of amides is 1. The Morgan fingerprint density at radius 3 is 1.76 bits per heavy atom. The van der Waals surface area contributed by atoms with Crippen molar-refractivity contribution in [1.82, 2.24) is 4.90 Å². The average molecular weight is 388 g/mol. The van der Waals surface area contributed by atoms with Crippen LogP contribution in [-0.2, 0) is 13.6 Å². The molecule has 25 heavy (non-hydrogen) atoms. The van der Waals surface area contributed by atoms with Gasteiger partial charge in [-0.15, -0.1) is 0 Å². The molecule has 1 aliphatic heterocycles. The molecule has 1 saturated heterocycles. The van der Waals surface area contributed by atoms with Gasteiger partial charge in [-0.1, -0.05) is 41.5 Å². The van der Waals surface area contributed by atoms with Crippen molar-refractivity contribution < 1.29 is 18.4 Å². The van der Waals surface area contributed by atoms with Crippen LogP contribution in [0.2, 0.25) is 36.3 Å². The quantitative estimate of drug-likeness (QED) is 0.629. The van der Waals surface area contributed by atoms with Crippen LogP contribution in [0.25, 0.3) is 0 Å². The predicted octanol–water partition coefficient (Wildman–Crippen LogP) is 5.14. The molecule has 0 aromatic heterocycles. The van der Waals surface area contributed by atoms with E-state index in [4.69, 9.17) is 8.85 Å². The highest BCUT2D eigenvalue weighted by Gasteiger charge is 2.46. The minimum Gasteiger partial charge on any atom is -0.518 e. The van der Waals surface area contributed by atoms with E-state index in [9.17, 15) is 9.59 Å². The zero-order valence-corrected chi connectivity index (χ0v) is 19.8. The van der Waals surface area contributed by atoms with Gasteiger partial charge in [0.15, 0.2) is 0 Å². The molecule has 7 heteroatoms. The van der Waals surface area contributed by atoms with Crippen LogP contribution in [0, 0.1) is 0 Å². The van der Waals surface area contributed by atoms with Crippen molar-refractivity contribution in [3.05, 3.63) is 0 Å². The number of hydrogen-bond acceptors (Lipinski definition) is 4. The third-order valence-corrected chi connectivity index (χ3v) is 14.7. The Hall–Kier alpha value is -0.826. The minimum absolute atomic E-state index is 0.0479. The summed E-state index contributed by atoms with van der Waals surface area (Å²) in [6, 6.07) is -0.508. The molecule has 0 aromatic carbocycles. The van der Waals surface area contributed by atoms with Crippen LogP contribution in [0.5, 0.6) is 0 Å². The van der Waals surface area contributed by atoms with E-state index in [1.54, 1.807) is 4.90 Å². The molecule has 1 fully saturated rings. The Morgan fingerprint density at radius 1 is 0.880 bits per heavy atom. The normalized spacial score (nSPS) is 19.8. The molecule has 1 heterocycles. The average Bonchev–Trinajstić information content (AvgIpc) is 2.83. The van der Waals surface area contributed by atoms with Crippen molar-refractivity contribution in [3.63, 3.8) is 0 Å². The summed E-state index contributed by atoms with van der Waals surface area (Å²) in [5.41, 5.74) is 0. The Morgan fingerprint density at radius 2 is 1.32 bits per heavy atom. The first kappa shape index (κ1) is 22.2. The highest BCUT2D eigenvalue weighted by atomic mass is 28.4. The molecule has 1 rings (SSSR count). The topological polar surface area (TPSA) is 55.8 Å². The van der Waals surface area contributed by atoms with Crippen molar-refractivity contribution in [1.29, 1.82) is 0 Å². The summed E-state index contributed by atoms with van der Waals surface area (Å²) in [7, 11) is -4.41. The molecule has 0 saturated carbocycles. The molecule has 1 amide bonds. The van der Waals surface area contributed by atoms with Gasteiger partial charge < -0.3 is 8.85 Å². The van der Waals surface area contributed by atoms with E-state index < -0.39 is 22.7 Å². The third kappa shape index (κ3) is 5.09. The standard InChI is InChI=1S/C18H37NO4Si2/c1-17(2,3)24(7,8)22-15(20)14-12-11-13-19(14)16(21)23-25(9,10)18(4,5)6/h14H,11-13H2,1-10H3/t14-/m1/s1. The summed E-state index contributed by atoms with van der Waals surface area (Å²) in [4.78, 5) is 27.1. The first-order chi connectivity index (χ1) is 11.0. The molecular formula is C18H37NO4Si2. The van der Waals surface area contributed by atoms with Crippen molar-refractivity contribution in [2.24, 2.45) is 0 Å². The van der Waals surface area contributed by atoms with Gasteiger partial charge in [-0.05, 0) is 49.1 Å². The lowest BCUT2D eigenvalue weighted by Gasteiger charge is -2.39. The number of nitrogens with zero attached hydrogens (tertiary/aromatic N) is 1. The highest BCUT2D eigenvalue weighted by Crippen LogP contribution is 2.39. The number of carbonyl (C=O) groups is 2. The van der Waals surface area contributed by atoms with Gasteiger partial charge in [-0.2, -0.15) is 0 Å². The van der Waals surface area contributed by atoms with Gasteiger partial charge in [0.05, 0.1) is 0 Å². The van der Waals surface area contributed by atoms with Crippen LogP contribution >= 0.6 is 0 Å². The summed E-state index contributed by atoms with van der Waals surface area (Å²) in [5, 5.41) is -0.104. The van der Waals surface area contributed by atoms with E-state index in [1.165, 1.54) is 0 Å². The maximum atomic E-state index is 12.8. The summed E-state index contributed by atoms with van der Waals surface area (Å²) in [6.07, 6.45) is 1.10. The monoisotopic (exact) mass is 387 g/mol. The van der Waals surface area contributed by atoms with Crippen LogP contribution in [0.1, 0.15) is 54.4 Å². The molecule has 0 unspecified atom stereocenters. The zero-order chi connectivity index (χ0) is 19.8. The molecule has 0 radical (unpaired) electrons. The molecule has 146 valence electrons. The van der Waals surface area contributed by atoms with Gasteiger partial charge in [-0.3, -0.25) is 9.69 Å². The van der Waals surface area contributed by atoms with Crippen LogP contribution < -0.4 is 0 Å². The molecule has 1 atom stereocenters. The SMILES string of the molecule is CC(C)(C)[Si](C)(C)OC(=O)[C@H]1CCCN1C(=O)O[Si](C)(C)C(C)(C)C. The Bertz CT molecular complexity index is 472. The van der Waals surface area contributed by atoms with Crippen molar-refractivity contribution in [2.75, 3.05) is 6.54 Å². The van der Waals surface area contributed by atoms with Crippen LogP contribution in [0.4, 0.5) is 4.79 Å².